The van der Waals surface area contributed by atoms with E-state index in [2.05, 4.69) is 37.4 Å². The van der Waals surface area contributed by atoms with Gasteiger partial charge in [-0.1, -0.05) is 6.07 Å². The van der Waals surface area contributed by atoms with Crippen LogP contribution >= 0.6 is 11.8 Å². The van der Waals surface area contributed by atoms with E-state index in [4.69, 9.17) is 5.11 Å². The van der Waals surface area contributed by atoms with Crippen molar-refractivity contribution in [1.82, 2.24) is 5.32 Å². The van der Waals surface area contributed by atoms with E-state index in [0.29, 0.717) is 19.3 Å². The van der Waals surface area contributed by atoms with Gasteiger partial charge >= 0.3 is 0 Å². The summed E-state index contributed by atoms with van der Waals surface area (Å²) in [6.07, 6.45) is 1.73. The standard InChI is InChI=1S/C15H21NO2S/c1-10-3-4-14(7-11(10)2)19-6-5-15(18)16-12-8-13(17)9-12/h3-4,7,12-13,17H,5-6,8-9H2,1-2H3,(H,16,18). The largest absolute Gasteiger partial charge is 0.393 e. The van der Waals surface area contributed by atoms with E-state index in [1.807, 2.05) is 0 Å². The summed E-state index contributed by atoms with van der Waals surface area (Å²) in [4.78, 5) is 12.9. The van der Waals surface area contributed by atoms with Crippen molar-refractivity contribution in [2.75, 3.05) is 5.75 Å². The van der Waals surface area contributed by atoms with Crippen molar-refractivity contribution in [3.05, 3.63) is 29.3 Å². The molecule has 0 atom stereocenters. The number of rotatable bonds is 5. The van der Waals surface area contributed by atoms with E-state index in [1.165, 1.54) is 16.0 Å². The third kappa shape index (κ3) is 4.25. The minimum Gasteiger partial charge on any atom is -0.393 e. The maximum atomic E-state index is 11.7. The summed E-state index contributed by atoms with van der Waals surface area (Å²) in [5, 5.41) is 12.1. The van der Waals surface area contributed by atoms with E-state index in [-0.39, 0.29) is 18.1 Å². The molecule has 19 heavy (non-hydrogen) atoms. The van der Waals surface area contributed by atoms with Crippen LogP contribution in [0, 0.1) is 13.8 Å². The Morgan fingerprint density at radius 1 is 1.37 bits per heavy atom. The molecule has 0 unspecified atom stereocenters. The van der Waals surface area contributed by atoms with Gasteiger partial charge in [0.1, 0.15) is 0 Å². The molecule has 3 nitrogen and oxygen atoms in total. The number of thioether (sulfide) groups is 1. The molecule has 1 aliphatic rings. The molecule has 1 saturated carbocycles. The van der Waals surface area contributed by atoms with Crippen LogP contribution in [0.2, 0.25) is 0 Å². The molecule has 0 aromatic heterocycles. The molecule has 0 aliphatic heterocycles. The van der Waals surface area contributed by atoms with Gasteiger partial charge in [0.05, 0.1) is 6.10 Å². The first kappa shape index (κ1) is 14.4. The predicted molar refractivity (Wildman–Crippen MR) is 78.4 cm³/mol. The normalized spacial score (nSPS) is 21.8. The molecule has 0 spiro atoms. The lowest BCUT2D eigenvalue weighted by Gasteiger charge is -2.31. The van der Waals surface area contributed by atoms with E-state index in [1.54, 1.807) is 11.8 Å². The SMILES string of the molecule is Cc1ccc(SCCC(=O)NC2CC(O)C2)cc1C. The highest BCUT2D eigenvalue weighted by Crippen LogP contribution is 2.22. The van der Waals surface area contributed by atoms with Crippen LogP contribution in [0.4, 0.5) is 0 Å². The smallest absolute Gasteiger partial charge is 0.221 e. The van der Waals surface area contributed by atoms with Gasteiger partial charge in [0, 0.05) is 23.1 Å². The minimum absolute atomic E-state index is 0.0910. The fourth-order valence-corrected chi connectivity index (χ4v) is 3.02. The molecule has 1 fully saturated rings. The lowest BCUT2D eigenvalue weighted by atomic mass is 9.89. The zero-order chi connectivity index (χ0) is 13.8. The van der Waals surface area contributed by atoms with Gasteiger partial charge in [0.2, 0.25) is 5.91 Å². The molecule has 1 aromatic carbocycles. The van der Waals surface area contributed by atoms with E-state index in [0.717, 1.165) is 5.75 Å². The van der Waals surface area contributed by atoms with E-state index >= 15 is 0 Å². The summed E-state index contributed by atoms with van der Waals surface area (Å²) >= 11 is 1.71. The number of aryl methyl sites for hydroxylation is 2. The minimum atomic E-state index is -0.213. The average molecular weight is 279 g/mol. The first-order valence-corrected chi connectivity index (χ1v) is 7.70. The number of amides is 1. The van der Waals surface area contributed by atoms with Gasteiger partial charge in [-0.3, -0.25) is 4.79 Å². The van der Waals surface area contributed by atoms with E-state index < -0.39 is 0 Å². The van der Waals surface area contributed by atoms with Gasteiger partial charge in [-0.2, -0.15) is 0 Å². The average Bonchev–Trinajstić information content (AvgIpc) is 2.32. The monoisotopic (exact) mass is 279 g/mol. The topological polar surface area (TPSA) is 49.3 Å². The second-order valence-corrected chi connectivity index (χ2v) is 6.40. The molecular formula is C15H21NO2S. The van der Waals surface area contributed by atoms with Crippen LogP contribution in [-0.4, -0.2) is 28.9 Å². The lowest BCUT2D eigenvalue weighted by Crippen LogP contribution is -2.46. The predicted octanol–water partition coefficient (Wildman–Crippen LogP) is 2.43. The van der Waals surface area contributed by atoms with Gasteiger partial charge in [-0.15, -0.1) is 11.8 Å². The van der Waals surface area contributed by atoms with Crippen LogP contribution in [0.25, 0.3) is 0 Å². The Hall–Kier alpha value is -1.00. The number of nitrogens with one attached hydrogen (secondary N) is 1. The molecule has 1 amide bonds. The first-order chi connectivity index (χ1) is 9.04. The van der Waals surface area contributed by atoms with Crippen molar-refractivity contribution in [2.24, 2.45) is 0 Å². The zero-order valence-electron chi connectivity index (χ0n) is 11.5. The highest BCUT2D eigenvalue weighted by Gasteiger charge is 2.27. The number of carbonyl (C=O) groups is 1. The second kappa shape index (κ2) is 6.44. The van der Waals surface area contributed by atoms with Gasteiger partial charge in [-0.05, 0) is 49.9 Å². The fourth-order valence-electron chi connectivity index (χ4n) is 2.07. The number of benzene rings is 1. The summed E-state index contributed by atoms with van der Waals surface area (Å²) in [6.45, 7) is 4.21. The molecular weight excluding hydrogens is 258 g/mol. The fraction of sp³-hybridized carbons (Fsp3) is 0.533. The maximum absolute atomic E-state index is 11.7. The molecule has 1 aromatic rings. The Kier molecular flexibility index (Phi) is 4.88. The lowest BCUT2D eigenvalue weighted by molar-refractivity contribution is -0.122. The van der Waals surface area contributed by atoms with Crippen LogP contribution < -0.4 is 5.32 Å². The van der Waals surface area contributed by atoms with E-state index in [9.17, 15) is 4.79 Å². The third-order valence-electron chi connectivity index (χ3n) is 3.55. The third-order valence-corrected chi connectivity index (χ3v) is 4.55. The number of carbonyl (C=O) groups excluding carboxylic acids is 1. The highest BCUT2D eigenvalue weighted by atomic mass is 32.2. The first-order valence-electron chi connectivity index (χ1n) is 6.72. The summed E-state index contributed by atoms with van der Waals surface area (Å²) in [5.41, 5.74) is 2.59. The van der Waals surface area contributed by atoms with Crippen LogP contribution in [0.15, 0.2) is 23.1 Å². The Balaban J connectivity index is 1.68. The summed E-state index contributed by atoms with van der Waals surface area (Å²) in [7, 11) is 0. The molecule has 104 valence electrons. The van der Waals surface area contributed by atoms with Crippen molar-refractivity contribution < 1.29 is 9.90 Å². The Morgan fingerprint density at radius 3 is 2.74 bits per heavy atom. The number of aliphatic hydroxyl groups excluding tert-OH is 1. The zero-order valence-corrected chi connectivity index (χ0v) is 12.3. The Bertz CT molecular complexity index is 455. The summed E-state index contributed by atoms with van der Waals surface area (Å²) in [5.74, 6) is 0.886. The Morgan fingerprint density at radius 2 is 2.11 bits per heavy atom. The number of aliphatic hydroxyl groups is 1. The van der Waals surface area contributed by atoms with Gasteiger partial charge in [0.15, 0.2) is 0 Å². The van der Waals surface area contributed by atoms with Gasteiger partial charge in [-0.25, -0.2) is 0 Å². The van der Waals surface area contributed by atoms with Crippen molar-refractivity contribution in [2.45, 2.75) is 50.2 Å². The molecule has 0 heterocycles. The molecule has 4 heteroatoms. The Labute approximate surface area is 118 Å². The highest BCUT2D eigenvalue weighted by molar-refractivity contribution is 7.99. The number of hydrogen-bond donors (Lipinski definition) is 2. The molecule has 0 saturated heterocycles. The summed E-state index contributed by atoms with van der Waals surface area (Å²) < 4.78 is 0. The molecule has 0 bridgehead atoms. The quantitative estimate of drug-likeness (QED) is 0.814. The van der Waals surface area contributed by atoms with Crippen LogP contribution in [0.1, 0.15) is 30.4 Å². The van der Waals surface area contributed by atoms with Crippen LogP contribution in [-0.2, 0) is 4.79 Å². The van der Waals surface area contributed by atoms with Crippen molar-refractivity contribution >= 4 is 17.7 Å². The van der Waals surface area contributed by atoms with Gasteiger partial charge in [0.25, 0.3) is 0 Å². The molecule has 0 radical (unpaired) electrons. The summed E-state index contributed by atoms with van der Waals surface area (Å²) in [6, 6.07) is 6.58. The maximum Gasteiger partial charge on any atom is 0.221 e. The van der Waals surface area contributed by atoms with Crippen molar-refractivity contribution in [3.8, 4) is 0 Å². The second-order valence-electron chi connectivity index (χ2n) is 5.23. The van der Waals surface area contributed by atoms with Crippen LogP contribution in [0.5, 0.6) is 0 Å². The molecule has 1 aliphatic carbocycles. The molecule has 2 rings (SSSR count). The van der Waals surface area contributed by atoms with Crippen molar-refractivity contribution in [1.29, 1.82) is 0 Å². The molecule has 2 N–H and O–H groups in total. The van der Waals surface area contributed by atoms with Gasteiger partial charge < -0.3 is 10.4 Å². The van der Waals surface area contributed by atoms with Crippen LogP contribution in [0.3, 0.4) is 0 Å². The number of hydrogen-bond acceptors (Lipinski definition) is 3. The van der Waals surface area contributed by atoms with Crippen molar-refractivity contribution in [3.63, 3.8) is 0 Å².